The molecule has 7 heteroatoms. The number of aliphatic hydroxyl groups is 1. The summed E-state index contributed by atoms with van der Waals surface area (Å²) in [5.74, 6) is 1.87. The van der Waals surface area contributed by atoms with E-state index in [1.165, 1.54) is 32.1 Å². The first-order valence-electron chi connectivity index (χ1n) is 18.6. The van der Waals surface area contributed by atoms with E-state index in [2.05, 4.69) is 34.6 Å². The molecule has 4 atom stereocenters. The van der Waals surface area contributed by atoms with Gasteiger partial charge in [0.15, 0.2) is 9.84 Å². The molecule has 6 nitrogen and oxygen atoms in total. The number of aliphatic hydroxyl groups excluding tert-OH is 1. The Labute approximate surface area is 287 Å². The molecule has 0 amide bonds. The molecule has 2 aromatic rings. The van der Waals surface area contributed by atoms with Crippen LogP contribution >= 0.6 is 0 Å². The predicted molar refractivity (Wildman–Crippen MR) is 197 cm³/mol. The zero-order valence-corrected chi connectivity index (χ0v) is 31.4. The Hall–Kier alpha value is -2.09. The van der Waals surface area contributed by atoms with E-state index in [0.29, 0.717) is 36.5 Å². The maximum absolute atomic E-state index is 14.1. The van der Waals surface area contributed by atoms with Crippen LogP contribution < -0.4 is 9.64 Å². The number of benzene rings is 2. The van der Waals surface area contributed by atoms with Crippen molar-refractivity contribution in [3.63, 3.8) is 0 Å². The van der Waals surface area contributed by atoms with Crippen molar-refractivity contribution in [2.45, 2.75) is 129 Å². The molecule has 1 aliphatic rings. The third-order valence-corrected chi connectivity index (χ3v) is 12.6. The van der Waals surface area contributed by atoms with Crippen LogP contribution in [-0.4, -0.2) is 59.3 Å². The van der Waals surface area contributed by atoms with Crippen LogP contribution in [0.2, 0.25) is 0 Å². The second-order valence-electron chi connectivity index (χ2n) is 14.2. The van der Waals surface area contributed by atoms with Gasteiger partial charge in [0.25, 0.3) is 0 Å². The molecule has 0 saturated carbocycles. The molecule has 0 fully saturated rings. The molecule has 2 aromatic carbocycles. The quantitative estimate of drug-likeness (QED) is 0.133. The molecule has 266 valence electrons. The highest BCUT2D eigenvalue weighted by Gasteiger charge is 2.49. The molecule has 0 bridgehead atoms. The van der Waals surface area contributed by atoms with E-state index in [9.17, 15) is 13.5 Å². The van der Waals surface area contributed by atoms with Crippen LogP contribution in [0.5, 0.6) is 5.75 Å². The van der Waals surface area contributed by atoms with Crippen molar-refractivity contribution in [3.8, 4) is 5.75 Å². The minimum atomic E-state index is -3.63. The Morgan fingerprint density at radius 1 is 0.830 bits per heavy atom. The van der Waals surface area contributed by atoms with Crippen molar-refractivity contribution in [2.24, 2.45) is 17.3 Å². The number of anilines is 1. The van der Waals surface area contributed by atoms with Crippen molar-refractivity contribution >= 4 is 15.5 Å². The SMILES string of the molecule is CCCCC1(CCCC)CS(=O)(=O)c2ccc(N(C)C)cc2[C@@H](c2ccc(OCCOCCC[C@H](CC)C(CC)CCC)cc2)[C@H]1O. The lowest BCUT2D eigenvalue weighted by molar-refractivity contribution is 0.0127. The average molecular weight is 672 g/mol. The average Bonchev–Trinajstić information content (AvgIpc) is 3.13. The monoisotopic (exact) mass is 671 g/mol. The molecule has 0 aliphatic carbocycles. The Morgan fingerprint density at radius 2 is 1.47 bits per heavy atom. The van der Waals surface area contributed by atoms with Crippen LogP contribution in [0.15, 0.2) is 47.4 Å². The van der Waals surface area contributed by atoms with Crippen molar-refractivity contribution in [1.82, 2.24) is 0 Å². The maximum Gasteiger partial charge on any atom is 0.179 e. The van der Waals surface area contributed by atoms with E-state index in [1.807, 2.05) is 55.4 Å². The first kappa shape index (κ1) is 39.3. The summed E-state index contributed by atoms with van der Waals surface area (Å²) >= 11 is 0. The number of nitrogens with zero attached hydrogens (tertiary/aromatic N) is 1. The molecule has 0 aromatic heterocycles. The van der Waals surface area contributed by atoms with Crippen molar-refractivity contribution < 1.29 is 23.0 Å². The Morgan fingerprint density at radius 3 is 2.04 bits per heavy atom. The zero-order valence-electron chi connectivity index (χ0n) is 30.6. The zero-order chi connectivity index (χ0) is 34.5. The van der Waals surface area contributed by atoms with E-state index in [-0.39, 0.29) is 5.75 Å². The fourth-order valence-corrected chi connectivity index (χ4v) is 10.0. The van der Waals surface area contributed by atoms with E-state index in [1.54, 1.807) is 6.07 Å². The topological polar surface area (TPSA) is 76.1 Å². The number of rotatable bonds is 21. The van der Waals surface area contributed by atoms with E-state index in [4.69, 9.17) is 9.47 Å². The lowest BCUT2D eigenvalue weighted by Gasteiger charge is -2.40. The summed E-state index contributed by atoms with van der Waals surface area (Å²) < 4.78 is 40.1. The Kier molecular flexibility index (Phi) is 16.1. The van der Waals surface area contributed by atoms with Gasteiger partial charge in [0.05, 0.1) is 23.4 Å². The summed E-state index contributed by atoms with van der Waals surface area (Å²) in [6, 6.07) is 13.5. The van der Waals surface area contributed by atoms with Crippen molar-refractivity contribution in [1.29, 1.82) is 0 Å². The lowest BCUT2D eigenvalue weighted by atomic mass is 9.68. The van der Waals surface area contributed by atoms with Gasteiger partial charge >= 0.3 is 0 Å². The van der Waals surface area contributed by atoms with Gasteiger partial charge in [-0.1, -0.05) is 98.1 Å². The van der Waals surface area contributed by atoms with Gasteiger partial charge in [-0.25, -0.2) is 8.42 Å². The van der Waals surface area contributed by atoms with Gasteiger partial charge in [-0.2, -0.15) is 0 Å². The number of unbranched alkanes of at least 4 members (excludes halogenated alkanes) is 2. The molecule has 47 heavy (non-hydrogen) atoms. The van der Waals surface area contributed by atoms with Crippen LogP contribution in [-0.2, 0) is 14.6 Å². The summed E-state index contributed by atoms with van der Waals surface area (Å²) in [6.07, 6.45) is 11.6. The van der Waals surface area contributed by atoms with Gasteiger partial charge in [0, 0.05) is 37.7 Å². The minimum absolute atomic E-state index is 0.0236. The van der Waals surface area contributed by atoms with E-state index < -0.39 is 27.3 Å². The highest BCUT2D eigenvalue weighted by atomic mass is 32.2. The van der Waals surface area contributed by atoms with Gasteiger partial charge < -0.3 is 19.5 Å². The normalized spacial score (nSPS) is 19.8. The molecule has 1 aliphatic heterocycles. The van der Waals surface area contributed by atoms with Crippen LogP contribution in [0.4, 0.5) is 5.69 Å². The summed E-state index contributed by atoms with van der Waals surface area (Å²) in [5.41, 5.74) is 1.80. The Bertz CT molecular complexity index is 1280. The van der Waals surface area contributed by atoms with E-state index >= 15 is 0 Å². The molecule has 0 saturated heterocycles. The van der Waals surface area contributed by atoms with Crippen LogP contribution in [0.25, 0.3) is 0 Å². The highest BCUT2D eigenvalue weighted by molar-refractivity contribution is 7.91. The minimum Gasteiger partial charge on any atom is -0.491 e. The number of fused-ring (bicyclic) bond motifs is 1. The van der Waals surface area contributed by atoms with Gasteiger partial charge in [0.1, 0.15) is 12.4 Å². The second-order valence-corrected chi connectivity index (χ2v) is 16.1. The first-order chi connectivity index (χ1) is 22.6. The van der Waals surface area contributed by atoms with Crippen LogP contribution in [0, 0.1) is 17.3 Å². The summed E-state index contributed by atoms with van der Waals surface area (Å²) in [7, 11) is 0.288. The van der Waals surface area contributed by atoms with Gasteiger partial charge in [0.2, 0.25) is 0 Å². The largest absolute Gasteiger partial charge is 0.491 e. The number of hydrogen-bond acceptors (Lipinski definition) is 6. The molecule has 1 N–H and O–H groups in total. The van der Waals surface area contributed by atoms with Crippen LogP contribution in [0.3, 0.4) is 0 Å². The van der Waals surface area contributed by atoms with Gasteiger partial charge in [-0.05, 0) is 79.0 Å². The Balaban J connectivity index is 1.77. The van der Waals surface area contributed by atoms with E-state index in [0.717, 1.165) is 67.5 Å². The molecular weight excluding hydrogens is 607 g/mol. The predicted octanol–water partition coefficient (Wildman–Crippen LogP) is 9.43. The summed E-state index contributed by atoms with van der Waals surface area (Å²) in [4.78, 5) is 2.33. The standard InChI is InChI=1S/C40H65NO5S/c1-8-13-24-40(25-14-9-2)30-47(43,44)37-23-20-34(41(6)7)29-36(37)38(39(40)42)33-18-21-35(22-19-33)46-28-27-45-26-15-17-32(12-5)31(11-4)16-10-3/h18-23,29,31-32,38-39,42H,8-17,24-28,30H2,1-7H3/t31?,32-,38+,39+/m0/s1. The fraction of sp³-hybridized carbons (Fsp3) is 0.700. The number of ether oxygens (including phenoxy) is 2. The molecule has 1 heterocycles. The molecule has 1 unspecified atom stereocenters. The summed E-state index contributed by atoms with van der Waals surface area (Å²) in [5, 5.41) is 12.4. The number of hydrogen-bond donors (Lipinski definition) is 1. The molecule has 3 rings (SSSR count). The van der Waals surface area contributed by atoms with Crippen molar-refractivity contribution in [3.05, 3.63) is 53.6 Å². The maximum atomic E-state index is 14.1. The van der Waals surface area contributed by atoms with Crippen LogP contribution in [0.1, 0.15) is 129 Å². The summed E-state index contributed by atoms with van der Waals surface area (Å²) in [6.45, 7) is 13.0. The first-order valence-corrected chi connectivity index (χ1v) is 20.2. The number of sulfone groups is 1. The molecular formula is C40H65NO5S. The second kappa shape index (κ2) is 19.2. The third-order valence-electron chi connectivity index (χ3n) is 10.6. The fourth-order valence-electron chi connectivity index (χ4n) is 7.85. The smallest absolute Gasteiger partial charge is 0.179 e. The third kappa shape index (κ3) is 10.4. The highest BCUT2D eigenvalue weighted by Crippen LogP contribution is 2.50. The van der Waals surface area contributed by atoms with Gasteiger partial charge in [-0.15, -0.1) is 0 Å². The lowest BCUT2D eigenvalue weighted by Crippen LogP contribution is -2.43. The molecule has 0 radical (unpaired) electrons. The van der Waals surface area contributed by atoms with Crippen molar-refractivity contribution in [2.75, 3.05) is 44.6 Å². The van der Waals surface area contributed by atoms with Gasteiger partial charge in [-0.3, -0.25) is 0 Å². The molecule has 0 spiro atoms.